The van der Waals surface area contributed by atoms with Gasteiger partial charge in [-0.2, -0.15) is 0 Å². The second kappa shape index (κ2) is 5.60. The van der Waals surface area contributed by atoms with E-state index in [1.54, 1.807) is 6.26 Å². The predicted molar refractivity (Wildman–Crippen MR) is 61.8 cm³/mol. The Kier molecular flexibility index (Phi) is 4.40. The lowest BCUT2D eigenvalue weighted by molar-refractivity contribution is 0.555. The first kappa shape index (κ1) is 11.0. The van der Waals surface area contributed by atoms with Crippen molar-refractivity contribution in [2.24, 2.45) is 0 Å². The van der Waals surface area contributed by atoms with E-state index in [-0.39, 0.29) is 0 Å². The summed E-state index contributed by atoms with van der Waals surface area (Å²) in [5, 5.41) is 0. The highest BCUT2D eigenvalue weighted by atomic mass is 32.2. The third kappa shape index (κ3) is 3.34. The summed E-state index contributed by atoms with van der Waals surface area (Å²) in [5.41, 5.74) is 7.71. The van der Waals surface area contributed by atoms with Gasteiger partial charge in [-0.1, -0.05) is 19.1 Å². The Morgan fingerprint density at radius 3 is 2.86 bits per heavy atom. The van der Waals surface area contributed by atoms with E-state index in [1.165, 1.54) is 17.6 Å². The molecule has 1 rings (SSSR count). The van der Waals surface area contributed by atoms with Crippen LogP contribution in [0.3, 0.4) is 0 Å². The molecule has 0 fully saturated rings. The predicted octanol–water partition coefficient (Wildman–Crippen LogP) is 3.61. The number of benzene rings is 1. The topological polar surface area (TPSA) is 35.2 Å². The van der Waals surface area contributed by atoms with Crippen LogP contribution in [-0.4, -0.2) is 0 Å². The molecule has 0 spiro atoms. The lowest BCUT2D eigenvalue weighted by Crippen LogP contribution is -1.86. The summed E-state index contributed by atoms with van der Waals surface area (Å²) in [4.78, 5) is 0.952. The number of anilines is 1. The van der Waals surface area contributed by atoms with Crippen molar-refractivity contribution in [3.8, 4) is 0 Å². The summed E-state index contributed by atoms with van der Waals surface area (Å²) in [6, 6.07) is 7.65. The van der Waals surface area contributed by atoms with Gasteiger partial charge in [-0.3, -0.25) is 0 Å². The van der Waals surface area contributed by atoms with E-state index in [4.69, 9.17) is 9.92 Å². The Labute approximate surface area is 89.4 Å². The van der Waals surface area contributed by atoms with Gasteiger partial charge in [0.15, 0.2) is 0 Å². The van der Waals surface area contributed by atoms with Crippen molar-refractivity contribution in [2.45, 2.75) is 25.2 Å². The average molecular weight is 209 g/mol. The van der Waals surface area contributed by atoms with E-state index >= 15 is 0 Å². The molecule has 0 amide bonds. The molecule has 0 saturated carbocycles. The van der Waals surface area contributed by atoms with Gasteiger partial charge in [0.1, 0.15) is 6.26 Å². The average Bonchev–Trinajstić information content (AvgIpc) is 2.20. The molecule has 0 aliphatic heterocycles. The highest BCUT2D eigenvalue weighted by molar-refractivity contribution is 7.95. The van der Waals surface area contributed by atoms with E-state index < -0.39 is 0 Å². The third-order valence-electron chi connectivity index (χ3n) is 1.86. The van der Waals surface area contributed by atoms with Crippen LogP contribution in [0.1, 0.15) is 20.3 Å². The summed E-state index contributed by atoms with van der Waals surface area (Å²) in [6.45, 7) is 4.13. The molecule has 3 heteroatoms. The van der Waals surface area contributed by atoms with Crippen LogP contribution in [0.25, 0.3) is 0 Å². The van der Waals surface area contributed by atoms with Crippen LogP contribution < -0.4 is 5.73 Å². The quantitative estimate of drug-likeness (QED) is 0.467. The van der Waals surface area contributed by atoms with Crippen molar-refractivity contribution in [1.82, 2.24) is 0 Å². The summed E-state index contributed by atoms with van der Waals surface area (Å²) < 4.78 is 5.33. The van der Waals surface area contributed by atoms with Crippen LogP contribution in [0.4, 0.5) is 5.69 Å². The molecule has 1 aromatic carbocycles. The molecule has 0 aliphatic rings. The van der Waals surface area contributed by atoms with E-state index in [1.807, 2.05) is 31.2 Å². The van der Waals surface area contributed by atoms with Gasteiger partial charge in [0, 0.05) is 5.69 Å². The minimum atomic E-state index is 0.750. The first-order valence-corrected chi connectivity index (χ1v) is 5.31. The monoisotopic (exact) mass is 209 g/mol. The number of hydrogen-bond acceptors (Lipinski definition) is 3. The lowest BCUT2D eigenvalue weighted by Gasteiger charge is -2.03. The molecule has 14 heavy (non-hydrogen) atoms. The fraction of sp³-hybridized carbons (Fsp3) is 0.273. The van der Waals surface area contributed by atoms with Gasteiger partial charge in [0.25, 0.3) is 0 Å². The molecule has 0 radical (unpaired) electrons. The van der Waals surface area contributed by atoms with Crippen molar-refractivity contribution >= 4 is 17.7 Å². The number of allylic oxidation sites excluding steroid dienone is 1. The minimum Gasteiger partial charge on any atom is -0.428 e. The molecular weight excluding hydrogens is 194 g/mol. The molecular formula is C11H15NOS. The SMILES string of the molecule is CC/C(C)=C\OSc1ccccc1N. The summed E-state index contributed by atoms with van der Waals surface area (Å²) in [5.74, 6) is 0. The van der Waals surface area contributed by atoms with E-state index in [0.717, 1.165) is 17.0 Å². The minimum absolute atomic E-state index is 0.750. The fourth-order valence-electron chi connectivity index (χ4n) is 0.798. The molecule has 2 N–H and O–H groups in total. The molecule has 0 aliphatic carbocycles. The maximum atomic E-state index is 5.75. The van der Waals surface area contributed by atoms with Gasteiger partial charge in [0.2, 0.25) is 0 Å². The number of nitrogen functional groups attached to an aromatic ring is 1. The standard InChI is InChI=1S/C11H15NOS/c1-3-9(2)8-13-14-11-7-5-4-6-10(11)12/h4-8H,3,12H2,1-2H3/b9-8-. The highest BCUT2D eigenvalue weighted by Crippen LogP contribution is 2.25. The maximum Gasteiger partial charge on any atom is 0.100 e. The van der Waals surface area contributed by atoms with Gasteiger partial charge >= 0.3 is 0 Å². The lowest BCUT2D eigenvalue weighted by atomic mass is 10.3. The van der Waals surface area contributed by atoms with Crippen LogP contribution in [0.15, 0.2) is 41.0 Å². The normalized spacial score (nSPS) is 11.4. The van der Waals surface area contributed by atoms with Crippen molar-refractivity contribution in [3.63, 3.8) is 0 Å². The molecule has 76 valence electrons. The smallest absolute Gasteiger partial charge is 0.100 e. The Bertz CT molecular complexity index is 323. The Balaban J connectivity index is 2.50. The number of hydrogen-bond donors (Lipinski definition) is 1. The van der Waals surface area contributed by atoms with Crippen LogP contribution in [-0.2, 0) is 4.18 Å². The van der Waals surface area contributed by atoms with Gasteiger partial charge in [-0.15, -0.1) is 0 Å². The van der Waals surface area contributed by atoms with E-state index in [9.17, 15) is 0 Å². The van der Waals surface area contributed by atoms with Crippen molar-refractivity contribution < 1.29 is 4.18 Å². The van der Waals surface area contributed by atoms with E-state index in [0.29, 0.717) is 0 Å². The Morgan fingerprint density at radius 2 is 2.21 bits per heavy atom. The number of rotatable bonds is 4. The first-order valence-electron chi connectivity index (χ1n) is 4.57. The second-order valence-corrected chi connectivity index (χ2v) is 3.83. The summed E-state index contributed by atoms with van der Waals surface area (Å²) in [6.07, 6.45) is 2.77. The third-order valence-corrected chi connectivity index (χ3v) is 2.61. The zero-order chi connectivity index (χ0) is 10.4. The van der Waals surface area contributed by atoms with Crippen molar-refractivity contribution in [1.29, 1.82) is 0 Å². The van der Waals surface area contributed by atoms with Gasteiger partial charge in [0.05, 0.1) is 16.9 Å². The maximum absolute atomic E-state index is 5.75. The van der Waals surface area contributed by atoms with Crippen LogP contribution in [0.5, 0.6) is 0 Å². The number of para-hydroxylation sites is 1. The van der Waals surface area contributed by atoms with E-state index in [2.05, 4.69) is 6.92 Å². The molecule has 0 saturated heterocycles. The summed E-state index contributed by atoms with van der Waals surface area (Å²) in [7, 11) is 0. The zero-order valence-corrected chi connectivity index (χ0v) is 9.30. The molecule has 1 aromatic rings. The molecule has 0 unspecified atom stereocenters. The second-order valence-electron chi connectivity index (χ2n) is 3.04. The van der Waals surface area contributed by atoms with Gasteiger partial charge in [-0.05, 0) is 31.1 Å². The largest absolute Gasteiger partial charge is 0.428 e. The van der Waals surface area contributed by atoms with Crippen molar-refractivity contribution in [2.75, 3.05) is 5.73 Å². The Hall–Kier alpha value is -1.09. The highest BCUT2D eigenvalue weighted by Gasteiger charge is 1.97. The van der Waals surface area contributed by atoms with Crippen LogP contribution in [0.2, 0.25) is 0 Å². The van der Waals surface area contributed by atoms with Crippen LogP contribution >= 0.6 is 12.0 Å². The Morgan fingerprint density at radius 1 is 1.50 bits per heavy atom. The number of nitrogens with two attached hydrogens (primary N) is 1. The molecule has 0 heterocycles. The molecule has 0 aromatic heterocycles. The van der Waals surface area contributed by atoms with Crippen molar-refractivity contribution in [3.05, 3.63) is 36.1 Å². The van der Waals surface area contributed by atoms with Gasteiger partial charge in [-0.25, -0.2) is 0 Å². The molecule has 0 atom stereocenters. The molecule has 0 bridgehead atoms. The fourth-order valence-corrected chi connectivity index (χ4v) is 1.41. The first-order chi connectivity index (χ1) is 6.74. The molecule has 2 nitrogen and oxygen atoms in total. The zero-order valence-electron chi connectivity index (χ0n) is 8.49. The summed E-state index contributed by atoms with van der Waals surface area (Å²) >= 11 is 1.29. The van der Waals surface area contributed by atoms with Crippen LogP contribution in [0, 0.1) is 0 Å². The van der Waals surface area contributed by atoms with Gasteiger partial charge < -0.3 is 9.92 Å².